The summed E-state index contributed by atoms with van der Waals surface area (Å²) in [5.74, 6) is -0.357. The molecule has 13 aromatic heterocycles. The van der Waals surface area contributed by atoms with E-state index < -0.39 is 12.1 Å². The summed E-state index contributed by atoms with van der Waals surface area (Å²) >= 11 is 4.82. The third kappa shape index (κ3) is 35.5. The van der Waals surface area contributed by atoms with Crippen LogP contribution in [0, 0.1) is 13.8 Å². The molecule has 13 rings (SSSR count). The number of aldehydes is 1. The Labute approximate surface area is 700 Å². The fourth-order valence-corrected chi connectivity index (χ4v) is 7.96. The average Bonchev–Trinajstić information content (AvgIpc) is 1.69. The number of hydrogen-bond donors (Lipinski definition) is 4. The van der Waals surface area contributed by atoms with Crippen LogP contribution in [0.5, 0.6) is 0 Å². The number of aliphatic hydroxyl groups is 1. The van der Waals surface area contributed by atoms with Crippen LogP contribution in [-0.4, -0.2) is 204 Å². The Hall–Kier alpha value is -8.39. The van der Waals surface area contributed by atoms with Gasteiger partial charge in [-0.3, -0.25) is 14.4 Å². The van der Waals surface area contributed by atoms with Crippen molar-refractivity contribution in [3.63, 3.8) is 0 Å². The number of fused-ring (bicyclic) bond motifs is 6. The zero-order chi connectivity index (χ0) is 73.5. The Morgan fingerprint density at radius 1 is 0.626 bits per heavy atom. The molecule has 13 aromatic rings. The first-order chi connectivity index (χ1) is 48.1. The molecule has 3 atom stereocenters. The van der Waals surface area contributed by atoms with E-state index in [2.05, 4.69) is 64.7 Å². The number of ketones is 1. The second-order valence-corrected chi connectivity index (χ2v) is 20.8. The Morgan fingerprint density at radius 2 is 0.944 bits per heavy atom. The van der Waals surface area contributed by atoms with E-state index in [1.54, 1.807) is 154 Å². The zero-order valence-electron chi connectivity index (χ0n) is 63.2. The molecule has 0 fully saturated rings. The van der Waals surface area contributed by atoms with Gasteiger partial charge in [0.25, 0.3) is 5.91 Å². The predicted molar refractivity (Wildman–Crippen MR) is 406 cm³/mol. The van der Waals surface area contributed by atoms with E-state index >= 15 is 0 Å². The maximum absolute atomic E-state index is 11.7. The molecule has 0 aliphatic carbocycles. The van der Waals surface area contributed by atoms with E-state index in [1.807, 2.05) is 138 Å². The van der Waals surface area contributed by atoms with E-state index in [1.165, 1.54) is 32.6 Å². The Balaban J connectivity index is -0.000000369. The van der Waals surface area contributed by atoms with Crippen molar-refractivity contribution in [1.29, 1.82) is 0 Å². The number of anilines is 1. The van der Waals surface area contributed by atoms with Gasteiger partial charge in [0.2, 0.25) is 0 Å². The summed E-state index contributed by atoms with van der Waals surface area (Å²) in [6, 6.07) is 25.2. The molecule has 6 N–H and O–H groups in total. The standard InChI is InChI=1S/C10H11N3O2.C9H9N5.C9H11N3.C9H8N2O2.C9H10N2O.C9H8N2O.C7H8N2O2.C3H7.C2H3ClO.C2H7NO.CH3.B.BrH.ClH.2Mg.Na.H/c1-12(15-2)10(14)8-3-4-9-11-5-6-13(9)7-8;1-7(12-13-10)8-2-3-9-11-4-5-14(9)6-8;1-7(10)8-2-3-9-11-4-5-12(9)6-8;1-13-9(12)7-2-3-8-10-4-5-11(8)6-7;2*1-7(12)8-2-3-9-10-4-5-11(9)6-8;1-11-7(10)5-2-3-6(8)9-4-5;1-3-2;3-1-2-4;1-3-4-2;;;;;;;;/h3-7H,1-2H3;2-7H,1H3;2-7H,10H2,1H3;2-6H,1H3;2-7,12H,1H3;2-6H,1H3;2-4H,1H3,(H2,8,9);3H,1-2H3;2H,1H2;3H,1-2H3;1H3;;2*1H;;;;/q;;;;;;;-1;;;-1;;;;2*+2;+1;-1/p-2. The van der Waals surface area contributed by atoms with Gasteiger partial charge < -0.3 is 107 Å². The molecule has 37 heteroatoms. The van der Waals surface area contributed by atoms with Gasteiger partial charge in [0.15, 0.2) is 5.78 Å². The molecule has 0 bridgehead atoms. The summed E-state index contributed by atoms with van der Waals surface area (Å²) in [5, 5.41) is 14.1. The number of Topliss-reactive ketones (excluding diaryl/α,β-unsaturated/α-hetero) is 1. The van der Waals surface area contributed by atoms with Crippen LogP contribution in [0.2, 0.25) is 0 Å². The summed E-state index contributed by atoms with van der Waals surface area (Å²) in [4.78, 5) is 93.9. The van der Waals surface area contributed by atoms with Crippen LogP contribution in [0.15, 0.2) is 208 Å². The Bertz CT molecular complexity index is 4630. The van der Waals surface area contributed by atoms with E-state index in [0.717, 1.165) is 50.6 Å². The minimum Gasteiger partial charge on any atom is -1.00 e. The van der Waals surface area contributed by atoms with E-state index in [-0.39, 0.29) is 158 Å². The van der Waals surface area contributed by atoms with Crippen molar-refractivity contribution in [2.45, 2.75) is 59.7 Å². The number of alkyl halides is 1. The number of pyridine rings is 7. The van der Waals surface area contributed by atoms with Gasteiger partial charge in [0.05, 0.1) is 63.2 Å². The fraction of sp³-hybridized carbons (Fsp3) is 0.229. The van der Waals surface area contributed by atoms with Crippen LogP contribution in [-0.2, 0) is 23.9 Å². The minimum atomic E-state index is -0.420. The van der Waals surface area contributed by atoms with Crippen molar-refractivity contribution in [2.75, 3.05) is 54.1 Å². The summed E-state index contributed by atoms with van der Waals surface area (Å²) < 4.78 is 20.2. The molecular weight excluding hydrogens is 1510 g/mol. The van der Waals surface area contributed by atoms with Gasteiger partial charge in [-0.15, -0.1) is 11.6 Å². The number of hydroxylamine groups is 3. The predicted octanol–water partition coefficient (Wildman–Crippen LogP) is 1.38. The number of ether oxygens (including phenoxy) is 2. The second-order valence-electron chi connectivity index (χ2n) is 20.4. The van der Waals surface area contributed by atoms with E-state index in [9.17, 15) is 24.3 Å². The zero-order valence-corrected chi connectivity index (χ0v) is 70.1. The molecule has 3 unspecified atom stereocenters. The molecule has 1 amide bonds. The van der Waals surface area contributed by atoms with Crippen molar-refractivity contribution < 1.29 is 109 Å². The van der Waals surface area contributed by atoms with Gasteiger partial charge in [0.1, 0.15) is 46.0 Å². The van der Waals surface area contributed by atoms with Gasteiger partial charge >= 0.3 is 87.6 Å². The second kappa shape index (κ2) is 57.7. The minimum absolute atomic E-state index is 0. The number of aromatic nitrogens is 13. The Morgan fingerprint density at radius 3 is 1.28 bits per heavy atom. The van der Waals surface area contributed by atoms with Crippen molar-refractivity contribution in [3.05, 3.63) is 266 Å². The summed E-state index contributed by atoms with van der Waals surface area (Å²) in [6.07, 6.45) is 35.9. The normalized spacial score (nSPS) is 10.2. The van der Waals surface area contributed by atoms with Crippen molar-refractivity contribution in [3.8, 4) is 0 Å². The van der Waals surface area contributed by atoms with Crippen molar-refractivity contribution in [2.24, 2.45) is 10.8 Å². The first kappa shape index (κ1) is 105. The molecule has 0 aliphatic heterocycles. The van der Waals surface area contributed by atoms with Crippen LogP contribution >= 0.6 is 11.6 Å². The number of aliphatic hydroxyl groups excluding tert-OH is 1. The molecule has 0 spiro atoms. The number of carbonyl (C=O) groups excluding carboxylic acids is 5. The van der Waals surface area contributed by atoms with Crippen molar-refractivity contribution in [1.82, 2.24) is 71.8 Å². The molecule has 13 heterocycles. The van der Waals surface area contributed by atoms with E-state index in [4.69, 9.17) is 38.2 Å². The molecular formula is C70H86BBrCl2Mg2N20NaO10. The van der Waals surface area contributed by atoms with Gasteiger partial charge in [-0.2, -0.15) is 13.8 Å². The number of methoxy groups -OCH3 is 2. The first-order valence-corrected chi connectivity index (χ1v) is 30.9. The molecule has 0 saturated heterocycles. The summed E-state index contributed by atoms with van der Waals surface area (Å²) in [5.41, 5.74) is 32.2. The van der Waals surface area contributed by atoms with Crippen LogP contribution in [0.25, 0.3) is 44.3 Å². The van der Waals surface area contributed by atoms with Crippen LogP contribution < -0.4 is 75.9 Å². The number of nitrogens with one attached hydrogen (secondary N) is 1. The van der Waals surface area contributed by atoms with Crippen LogP contribution in [0.1, 0.15) is 119 Å². The third-order valence-electron chi connectivity index (χ3n) is 13.2. The maximum Gasteiger partial charge on any atom is 2.00 e. The van der Waals surface area contributed by atoms with Crippen molar-refractivity contribution >= 4 is 136 Å². The quantitative estimate of drug-likeness (QED) is 0.0136. The molecule has 107 heavy (non-hydrogen) atoms. The van der Waals surface area contributed by atoms with Gasteiger partial charge in [-0.1, -0.05) is 30.2 Å². The van der Waals surface area contributed by atoms with Gasteiger partial charge in [0, 0.05) is 157 Å². The fourth-order valence-electron chi connectivity index (χ4n) is 7.96. The maximum atomic E-state index is 11.7. The molecule has 30 nitrogen and oxygen atoms in total. The number of nitrogens with two attached hydrogens (primary N) is 2. The SMILES string of the molecule is CC(=O)c1ccc2nccn2c1.CC(N)c1ccc2nccn2c1.CC(N=[N+]=[N-])c1ccc2nccn2c1.CC(O)c1ccc2nccn2c1.CNOC.COC(=O)c1ccc(N)nc1.COC(=O)c1ccc2nccn2c1.CON(C)C(=O)c1ccc2nccn2c1.C[CH-]C.O=CCCl.[B].[Br-].[CH3-].[Cl-].[H-].[Mg+2].[Mg+2].[Na+]. The topological polar surface area (TPSA) is 375 Å². The number of imidazole rings is 6. The number of amides is 1. The number of rotatable bonds is 11. The summed E-state index contributed by atoms with van der Waals surface area (Å²) in [7, 11) is 8.98. The molecule has 0 aliphatic rings. The molecule has 0 saturated carbocycles. The molecule has 555 valence electrons. The third-order valence-corrected chi connectivity index (χ3v) is 13.4. The number of esters is 2. The smallest absolute Gasteiger partial charge is 1.00 e. The van der Waals surface area contributed by atoms with Gasteiger partial charge in [-0.25, -0.2) is 55.0 Å². The number of nitrogen functional groups attached to an aromatic ring is 1. The molecule has 0 aromatic carbocycles. The van der Waals surface area contributed by atoms with E-state index in [0.29, 0.717) is 34.4 Å². The monoisotopic (exact) mass is 1600 g/mol. The number of nitrogens with zero attached hydrogens (tertiary/aromatic N) is 17. The average molecular weight is 1600 g/mol. The number of carbonyl (C=O) groups is 5. The van der Waals surface area contributed by atoms with Crippen LogP contribution in [0.4, 0.5) is 5.82 Å². The van der Waals surface area contributed by atoms with Gasteiger partial charge in [-0.05, 0) is 110 Å². The first-order valence-electron chi connectivity index (χ1n) is 30.3. The number of hydrogen-bond acceptors (Lipinski definition) is 21. The molecule has 3 radical (unpaired) electrons. The number of halogens is 3. The number of azide groups is 1. The Kier molecular flexibility index (Phi) is 56.6. The summed E-state index contributed by atoms with van der Waals surface area (Å²) in [6.45, 7) is 11.1. The van der Waals surface area contributed by atoms with Crippen LogP contribution in [0.3, 0.4) is 0 Å². The largest absolute Gasteiger partial charge is 2.00 e.